The number of carbonyl (C=O) groups excluding carboxylic acids is 1. The average molecular weight is 314 g/mol. The summed E-state index contributed by atoms with van der Waals surface area (Å²) >= 11 is 5.82. The maximum Gasteiger partial charge on any atom is 0.294 e. The lowest BCUT2D eigenvalue weighted by Crippen LogP contribution is -2.24. The molecule has 0 aliphatic heterocycles. The molecule has 0 radical (unpaired) electrons. The number of hydrogen-bond donors (Lipinski definition) is 2. The van der Waals surface area contributed by atoms with Crippen LogP contribution in [0.1, 0.15) is 43.5 Å². The first kappa shape index (κ1) is 17.2. The number of nitro groups is 1. The lowest BCUT2D eigenvalue weighted by Gasteiger charge is -2.08. The monoisotopic (exact) mass is 313 g/mol. The van der Waals surface area contributed by atoms with Gasteiger partial charge < -0.3 is 11.1 Å². The topological polar surface area (TPSA) is 98.3 Å². The van der Waals surface area contributed by atoms with Crippen LogP contribution in [0.2, 0.25) is 5.02 Å². The van der Waals surface area contributed by atoms with Crippen LogP contribution in [0.15, 0.2) is 12.1 Å². The molecule has 1 rings (SSSR count). The fraction of sp³-hybridized carbons (Fsp3) is 0.500. The number of nitrogens with one attached hydrogen (secondary N) is 1. The molecule has 7 heteroatoms. The molecule has 0 aromatic heterocycles. The van der Waals surface area contributed by atoms with Gasteiger partial charge in [0.1, 0.15) is 5.69 Å². The minimum Gasteiger partial charge on any atom is -0.392 e. The molecule has 0 fully saturated rings. The number of hydrogen-bond acceptors (Lipinski definition) is 4. The maximum absolute atomic E-state index is 11.9. The standard InChI is InChI=1S/C14H20ClN3O3/c1-9(2)5-3-4-6-17-14(19)10-7-11(15)13(16)12(8-10)18(20)21/h7-9H,3-6,16H2,1-2H3,(H,17,19). The molecule has 3 N–H and O–H groups in total. The molecule has 0 aliphatic carbocycles. The summed E-state index contributed by atoms with van der Waals surface area (Å²) in [7, 11) is 0. The van der Waals surface area contributed by atoms with Gasteiger partial charge in [0.15, 0.2) is 0 Å². The van der Waals surface area contributed by atoms with Crippen LogP contribution in [-0.2, 0) is 0 Å². The number of amides is 1. The predicted molar refractivity (Wildman–Crippen MR) is 83.5 cm³/mol. The van der Waals surface area contributed by atoms with Gasteiger partial charge in [0.25, 0.3) is 11.6 Å². The summed E-state index contributed by atoms with van der Waals surface area (Å²) in [5.41, 5.74) is 5.17. The smallest absolute Gasteiger partial charge is 0.294 e. The van der Waals surface area contributed by atoms with Crippen LogP contribution in [-0.4, -0.2) is 17.4 Å². The Morgan fingerprint density at radius 2 is 2.10 bits per heavy atom. The van der Waals surface area contributed by atoms with Crippen molar-refractivity contribution in [1.29, 1.82) is 0 Å². The fourth-order valence-electron chi connectivity index (χ4n) is 1.87. The SMILES string of the molecule is CC(C)CCCCNC(=O)c1cc(Cl)c(N)c([N+](=O)[O-])c1. The number of nitrogen functional groups attached to an aromatic ring is 1. The molecule has 21 heavy (non-hydrogen) atoms. The van der Waals surface area contributed by atoms with E-state index in [0.29, 0.717) is 12.5 Å². The Balaban J connectivity index is 2.64. The predicted octanol–water partition coefficient (Wildman–Crippen LogP) is 3.39. The zero-order valence-corrected chi connectivity index (χ0v) is 12.9. The van der Waals surface area contributed by atoms with Crippen molar-refractivity contribution in [3.8, 4) is 0 Å². The van der Waals surface area contributed by atoms with Gasteiger partial charge in [0.2, 0.25) is 0 Å². The summed E-state index contributed by atoms with van der Waals surface area (Å²) in [5, 5.41) is 13.6. The minimum atomic E-state index is -0.652. The lowest BCUT2D eigenvalue weighted by molar-refractivity contribution is -0.383. The molecule has 0 aliphatic rings. The molecule has 1 amide bonds. The van der Waals surface area contributed by atoms with Gasteiger partial charge in [-0.2, -0.15) is 0 Å². The summed E-state index contributed by atoms with van der Waals surface area (Å²) in [6.07, 6.45) is 3.00. The average Bonchev–Trinajstić information content (AvgIpc) is 2.40. The highest BCUT2D eigenvalue weighted by Gasteiger charge is 2.19. The van der Waals surface area contributed by atoms with Crippen LogP contribution in [0, 0.1) is 16.0 Å². The van der Waals surface area contributed by atoms with Gasteiger partial charge in [0.05, 0.1) is 9.95 Å². The number of unbranched alkanes of at least 4 members (excludes halogenated alkanes) is 1. The van der Waals surface area contributed by atoms with E-state index in [1.807, 2.05) is 0 Å². The second kappa shape index (κ2) is 7.83. The lowest BCUT2D eigenvalue weighted by atomic mass is 10.1. The van der Waals surface area contributed by atoms with E-state index in [4.69, 9.17) is 17.3 Å². The van der Waals surface area contributed by atoms with E-state index < -0.39 is 4.92 Å². The van der Waals surface area contributed by atoms with Gasteiger partial charge in [-0.3, -0.25) is 14.9 Å². The summed E-state index contributed by atoms with van der Waals surface area (Å²) in [4.78, 5) is 22.1. The highest BCUT2D eigenvalue weighted by atomic mass is 35.5. The molecule has 0 heterocycles. The van der Waals surface area contributed by atoms with E-state index in [1.54, 1.807) is 0 Å². The van der Waals surface area contributed by atoms with Crippen molar-refractivity contribution in [1.82, 2.24) is 5.32 Å². The van der Waals surface area contributed by atoms with Crippen molar-refractivity contribution in [2.75, 3.05) is 12.3 Å². The Kier molecular flexibility index (Phi) is 6.42. The number of nitrogens with zero attached hydrogens (tertiary/aromatic N) is 1. The number of nitrogens with two attached hydrogens (primary N) is 1. The quantitative estimate of drug-likeness (QED) is 0.349. The fourth-order valence-corrected chi connectivity index (χ4v) is 2.08. The summed E-state index contributed by atoms with van der Waals surface area (Å²) in [6, 6.07) is 2.48. The van der Waals surface area contributed by atoms with Crippen LogP contribution in [0.3, 0.4) is 0 Å². The molecule has 0 spiro atoms. The Morgan fingerprint density at radius 3 is 2.67 bits per heavy atom. The van der Waals surface area contributed by atoms with Crippen molar-refractivity contribution in [3.63, 3.8) is 0 Å². The van der Waals surface area contributed by atoms with Crippen LogP contribution in [0.5, 0.6) is 0 Å². The van der Waals surface area contributed by atoms with Crippen LogP contribution < -0.4 is 11.1 Å². The Bertz CT molecular complexity index is 532. The molecule has 0 atom stereocenters. The Labute approximate surface area is 128 Å². The second-order valence-electron chi connectivity index (χ2n) is 5.29. The molecule has 0 saturated heterocycles. The van der Waals surface area contributed by atoms with Crippen LogP contribution >= 0.6 is 11.6 Å². The zero-order chi connectivity index (χ0) is 16.0. The number of benzene rings is 1. The first-order valence-electron chi connectivity index (χ1n) is 6.84. The minimum absolute atomic E-state index is 0.00848. The van der Waals surface area contributed by atoms with Gasteiger partial charge >= 0.3 is 0 Å². The largest absolute Gasteiger partial charge is 0.392 e. The van der Waals surface area contributed by atoms with Crippen LogP contribution in [0.4, 0.5) is 11.4 Å². The van der Waals surface area contributed by atoms with Crippen molar-refractivity contribution < 1.29 is 9.72 Å². The van der Waals surface area contributed by atoms with Gasteiger partial charge in [-0.15, -0.1) is 0 Å². The number of anilines is 1. The highest BCUT2D eigenvalue weighted by Crippen LogP contribution is 2.30. The number of nitro benzene ring substituents is 1. The van der Waals surface area contributed by atoms with Gasteiger partial charge in [-0.1, -0.05) is 38.3 Å². The third-order valence-corrected chi connectivity index (χ3v) is 3.37. The Hall–Kier alpha value is -1.82. The molecule has 116 valence electrons. The van der Waals surface area contributed by atoms with Crippen molar-refractivity contribution >= 4 is 28.9 Å². The van der Waals surface area contributed by atoms with E-state index in [0.717, 1.165) is 25.3 Å². The first-order valence-corrected chi connectivity index (χ1v) is 7.22. The van der Waals surface area contributed by atoms with E-state index in [-0.39, 0.29) is 27.9 Å². The molecule has 6 nitrogen and oxygen atoms in total. The Morgan fingerprint density at radius 1 is 1.43 bits per heavy atom. The number of carbonyl (C=O) groups is 1. The number of rotatable bonds is 7. The molecule has 0 unspecified atom stereocenters. The molecular formula is C14H20ClN3O3. The van der Waals surface area contributed by atoms with Crippen molar-refractivity contribution in [2.24, 2.45) is 5.92 Å². The molecule has 0 saturated carbocycles. The van der Waals surface area contributed by atoms with E-state index in [1.165, 1.54) is 6.07 Å². The van der Waals surface area contributed by atoms with Crippen molar-refractivity contribution in [3.05, 3.63) is 32.8 Å². The summed E-state index contributed by atoms with van der Waals surface area (Å²) in [5.74, 6) is 0.254. The van der Waals surface area contributed by atoms with Crippen molar-refractivity contribution in [2.45, 2.75) is 33.1 Å². The summed E-state index contributed by atoms with van der Waals surface area (Å²) in [6.45, 7) is 4.82. The van der Waals surface area contributed by atoms with Crippen LogP contribution in [0.25, 0.3) is 0 Å². The van der Waals surface area contributed by atoms with E-state index >= 15 is 0 Å². The maximum atomic E-state index is 11.9. The van der Waals surface area contributed by atoms with E-state index in [2.05, 4.69) is 19.2 Å². The van der Waals surface area contributed by atoms with Gasteiger partial charge in [0, 0.05) is 18.2 Å². The third kappa shape index (κ3) is 5.23. The first-order chi connectivity index (χ1) is 9.82. The van der Waals surface area contributed by atoms with Gasteiger partial charge in [-0.05, 0) is 18.4 Å². The highest BCUT2D eigenvalue weighted by molar-refractivity contribution is 6.34. The third-order valence-electron chi connectivity index (χ3n) is 3.06. The molecular weight excluding hydrogens is 294 g/mol. The molecule has 1 aromatic rings. The number of halogens is 1. The second-order valence-corrected chi connectivity index (χ2v) is 5.70. The normalized spacial score (nSPS) is 10.7. The zero-order valence-electron chi connectivity index (χ0n) is 12.2. The molecule has 1 aromatic carbocycles. The van der Waals surface area contributed by atoms with E-state index in [9.17, 15) is 14.9 Å². The molecule has 0 bridgehead atoms. The summed E-state index contributed by atoms with van der Waals surface area (Å²) < 4.78 is 0. The van der Waals surface area contributed by atoms with Gasteiger partial charge in [-0.25, -0.2) is 0 Å².